The summed E-state index contributed by atoms with van der Waals surface area (Å²) in [5.41, 5.74) is 6.25. The molecule has 1 amide bonds. The molecule has 0 saturated carbocycles. The van der Waals surface area contributed by atoms with Crippen LogP contribution in [0.3, 0.4) is 0 Å². The van der Waals surface area contributed by atoms with Crippen molar-refractivity contribution in [2.45, 2.75) is 38.8 Å². The smallest absolute Gasteiger partial charge is 0.408 e. The Morgan fingerprint density at radius 2 is 2.00 bits per heavy atom. The second-order valence-electron chi connectivity index (χ2n) is 6.10. The summed E-state index contributed by atoms with van der Waals surface area (Å²) in [5, 5.41) is 15.1. The molecule has 0 aliphatic rings. The molecule has 1 aromatic carbocycles. The van der Waals surface area contributed by atoms with Crippen molar-refractivity contribution in [1.82, 2.24) is 5.32 Å². The molecule has 7 nitrogen and oxygen atoms in total. The standard InChI is InChI=1S/C16H24BrN3O4/c1-16(2,3)24-15(22)19-13(14(18)20-23-9-8-21)10-11-4-6-12(17)7-5-11/h4-7,13,21H,8-10H2,1-3H3,(H2,18,20)(H,19,22)/t13-/m0/s1. The van der Waals surface area contributed by atoms with Gasteiger partial charge in [-0.15, -0.1) is 0 Å². The summed E-state index contributed by atoms with van der Waals surface area (Å²) in [6, 6.07) is 7.02. The van der Waals surface area contributed by atoms with Crippen LogP contribution in [0, 0.1) is 0 Å². The molecule has 0 heterocycles. The Morgan fingerprint density at radius 3 is 2.54 bits per heavy atom. The number of aliphatic hydroxyl groups is 1. The van der Waals surface area contributed by atoms with Crippen LogP contribution in [0.4, 0.5) is 4.79 Å². The lowest BCUT2D eigenvalue weighted by molar-refractivity contribution is 0.0515. The molecule has 134 valence electrons. The van der Waals surface area contributed by atoms with E-state index in [1.54, 1.807) is 20.8 Å². The van der Waals surface area contributed by atoms with E-state index in [9.17, 15) is 4.79 Å². The third-order valence-electron chi connectivity index (χ3n) is 2.75. The highest BCUT2D eigenvalue weighted by Crippen LogP contribution is 2.13. The van der Waals surface area contributed by atoms with Crippen LogP contribution in [-0.4, -0.2) is 41.9 Å². The van der Waals surface area contributed by atoms with E-state index in [0.29, 0.717) is 6.42 Å². The number of nitrogens with zero attached hydrogens (tertiary/aromatic N) is 1. The Morgan fingerprint density at radius 1 is 1.38 bits per heavy atom. The highest BCUT2D eigenvalue weighted by atomic mass is 79.9. The number of aliphatic hydroxyl groups excluding tert-OH is 1. The number of carbonyl (C=O) groups is 1. The summed E-state index contributed by atoms with van der Waals surface area (Å²) < 4.78 is 6.21. The van der Waals surface area contributed by atoms with Crippen LogP contribution < -0.4 is 11.1 Å². The maximum atomic E-state index is 12.0. The van der Waals surface area contributed by atoms with Gasteiger partial charge in [-0.2, -0.15) is 0 Å². The molecule has 0 bridgehead atoms. The van der Waals surface area contributed by atoms with Crippen LogP contribution in [0.15, 0.2) is 33.9 Å². The molecule has 0 aliphatic heterocycles. The Hall–Kier alpha value is -1.80. The maximum Gasteiger partial charge on any atom is 0.408 e. The number of ether oxygens (including phenoxy) is 1. The van der Waals surface area contributed by atoms with Crippen molar-refractivity contribution < 1.29 is 19.5 Å². The summed E-state index contributed by atoms with van der Waals surface area (Å²) in [6.07, 6.45) is -0.172. The average Bonchev–Trinajstić information content (AvgIpc) is 2.47. The first-order valence-electron chi connectivity index (χ1n) is 7.51. The van der Waals surface area contributed by atoms with Crippen LogP contribution in [0.5, 0.6) is 0 Å². The summed E-state index contributed by atoms with van der Waals surface area (Å²) >= 11 is 3.37. The molecule has 4 N–H and O–H groups in total. The van der Waals surface area contributed by atoms with Gasteiger partial charge in [0.05, 0.1) is 12.6 Å². The van der Waals surface area contributed by atoms with Gasteiger partial charge < -0.3 is 25.7 Å². The van der Waals surface area contributed by atoms with Crippen molar-refractivity contribution in [3.63, 3.8) is 0 Å². The molecule has 0 spiro atoms. The van der Waals surface area contributed by atoms with Crippen molar-refractivity contribution in [3.05, 3.63) is 34.3 Å². The van der Waals surface area contributed by atoms with Crippen molar-refractivity contribution in [2.75, 3.05) is 13.2 Å². The van der Waals surface area contributed by atoms with Crippen molar-refractivity contribution in [2.24, 2.45) is 10.9 Å². The Bertz CT molecular complexity index is 555. The van der Waals surface area contributed by atoms with Crippen molar-refractivity contribution in [1.29, 1.82) is 0 Å². The van der Waals surface area contributed by atoms with Gasteiger partial charge in [0.15, 0.2) is 5.84 Å². The number of benzene rings is 1. The van der Waals surface area contributed by atoms with Gasteiger partial charge in [0.1, 0.15) is 12.2 Å². The molecule has 0 saturated heterocycles. The number of nitrogens with one attached hydrogen (secondary N) is 1. The quantitative estimate of drug-likeness (QED) is 0.281. The van der Waals surface area contributed by atoms with Gasteiger partial charge in [-0.05, 0) is 38.5 Å². The second kappa shape index (κ2) is 9.48. The number of rotatable bonds is 7. The molecule has 0 aromatic heterocycles. The molecule has 1 rings (SSSR count). The van der Waals surface area contributed by atoms with Crippen LogP contribution >= 0.6 is 15.9 Å². The number of oxime groups is 1. The lowest BCUT2D eigenvalue weighted by atomic mass is 10.1. The van der Waals surface area contributed by atoms with E-state index in [1.165, 1.54) is 0 Å². The molecule has 0 aliphatic carbocycles. The first-order chi connectivity index (χ1) is 11.2. The van der Waals surface area contributed by atoms with Crippen molar-refractivity contribution >= 4 is 27.9 Å². The fourth-order valence-electron chi connectivity index (χ4n) is 1.76. The zero-order valence-electron chi connectivity index (χ0n) is 14.1. The first-order valence-corrected chi connectivity index (χ1v) is 8.30. The fraction of sp³-hybridized carbons (Fsp3) is 0.500. The van der Waals surface area contributed by atoms with E-state index in [0.717, 1.165) is 10.0 Å². The number of alkyl carbamates (subject to hydrolysis) is 1. The maximum absolute atomic E-state index is 12.0. The third-order valence-corrected chi connectivity index (χ3v) is 3.28. The van der Waals surface area contributed by atoms with Gasteiger partial charge >= 0.3 is 6.09 Å². The number of nitrogens with two attached hydrogens (primary N) is 1. The number of hydrogen-bond donors (Lipinski definition) is 3. The van der Waals surface area contributed by atoms with E-state index in [1.807, 2.05) is 24.3 Å². The molecule has 24 heavy (non-hydrogen) atoms. The van der Waals surface area contributed by atoms with E-state index in [4.69, 9.17) is 20.4 Å². The van der Waals surface area contributed by atoms with E-state index >= 15 is 0 Å². The van der Waals surface area contributed by atoms with Crippen LogP contribution in [0.2, 0.25) is 0 Å². The number of halogens is 1. The van der Waals surface area contributed by atoms with Gasteiger partial charge in [-0.3, -0.25) is 0 Å². The monoisotopic (exact) mass is 401 g/mol. The molecule has 8 heteroatoms. The zero-order valence-corrected chi connectivity index (χ0v) is 15.7. The van der Waals surface area contributed by atoms with Gasteiger partial charge in [0.2, 0.25) is 0 Å². The SMILES string of the molecule is CC(C)(C)OC(=O)N[C@@H](Cc1ccc(Br)cc1)/C(N)=N/OCCO. The summed E-state index contributed by atoms with van der Waals surface area (Å²) in [4.78, 5) is 16.9. The molecular weight excluding hydrogens is 378 g/mol. The lowest BCUT2D eigenvalue weighted by Gasteiger charge is -2.23. The fourth-order valence-corrected chi connectivity index (χ4v) is 2.02. The topological polar surface area (TPSA) is 106 Å². The molecule has 0 unspecified atom stereocenters. The highest BCUT2D eigenvalue weighted by Gasteiger charge is 2.22. The van der Waals surface area contributed by atoms with Crippen LogP contribution in [0.25, 0.3) is 0 Å². The van der Waals surface area contributed by atoms with Crippen LogP contribution in [-0.2, 0) is 16.0 Å². The van der Waals surface area contributed by atoms with Gasteiger partial charge in [0.25, 0.3) is 0 Å². The minimum absolute atomic E-state index is 0.0259. The first kappa shape index (κ1) is 20.2. The zero-order chi connectivity index (χ0) is 18.2. The number of amidine groups is 1. The second-order valence-corrected chi connectivity index (χ2v) is 7.02. The third kappa shape index (κ3) is 8.16. The summed E-state index contributed by atoms with van der Waals surface area (Å²) in [5.74, 6) is 0.0947. The van der Waals surface area contributed by atoms with E-state index < -0.39 is 17.7 Å². The van der Waals surface area contributed by atoms with E-state index in [-0.39, 0.29) is 19.0 Å². The predicted octanol–water partition coefficient (Wildman–Crippen LogP) is 2.17. The summed E-state index contributed by atoms with van der Waals surface area (Å²) in [7, 11) is 0. The van der Waals surface area contributed by atoms with Gasteiger partial charge in [-0.1, -0.05) is 33.2 Å². The molecule has 0 fully saturated rings. The number of amides is 1. The molecular formula is C16H24BrN3O4. The largest absolute Gasteiger partial charge is 0.444 e. The Kier molecular flexibility index (Phi) is 8.00. The number of carbonyl (C=O) groups excluding carboxylic acids is 1. The average molecular weight is 402 g/mol. The normalized spacial score (nSPS) is 13.3. The molecule has 1 atom stereocenters. The molecule has 1 aromatic rings. The molecule has 0 radical (unpaired) electrons. The van der Waals surface area contributed by atoms with Crippen molar-refractivity contribution in [3.8, 4) is 0 Å². The van der Waals surface area contributed by atoms with E-state index in [2.05, 4.69) is 26.4 Å². The van der Waals surface area contributed by atoms with Gasteiger partial charge in [0, 0.05) is 10.9 Å². The number of hydrogen-bond acceptors (Lipinski definition) is 5. The predicted molar refractivity (Wildman–Crippen MR) is 95.7 cm³/mol. The lowest BCUT2D eigenvalue weighted by Crippen LogP contribution is -2.47. The Balaban J connectivity index is 2.83. The minimum Gasteiger partial charge on any atom is -0.444 e. The summed E-state index contributed by atoms with van der Waals surface area (Å²) in [6.45, 7) is 5.18. The van der Waals surface area contributed by atoms with Crippen LogP contribution in [0.1, 0.15) is 26.3 Å². The Labute approximate surface area is 150 Å². The minimum atomic E-state index is -0.620. The highest BCUT2D eigenvalue weighted by molar-refractivity contribution is 9.10. The van der Waals surface area contributed by atoms with Gasteiger partial charge in [-0.25, -0.2) is 4.79 Å².